The predicted octanol–water partition coefficient (Wildman–Crippen LogP) is 2.52. The molecule has 0 spiro atoms. The number of anilines is 1. The van der Waals surface area contributed by atoms with Crippen LogP contribution in [0.15, 0.2) is 48.5 Å². The van der Waals surface area contributed by atoms with E-state index >= 15 is 0 Å². The summed E-state index contributed by atoms with van der Waals surface area (Å²) in [6.45, 7) is 3.82. The zero-order chi connectivity index (χ0) is 18.8. The Bertz CT molecular complexity index is 736. The molecule has 0 unspecified atom stereocenters. The van der Waals surface area contributed by atoms with E-state index in [4.69, 9.17) is 4.74 Å². The van der Waals surface area contributed by atoms with Crippen molar-refractivity contribution in [1.82, 2.24) is 10.6 Å². The molecule has 2 aromatic rings. The highest BCUT2D eigenvalue weighted by Crippen LogP contribution is 2.13. The summed E-state index contributed by atoms with van der Waals surface area (Å²) >= 11 is 0. The van der Waals surface area contributed by atoms with E-state index < -0.39 is 0 Å². The van der Waals surface area contributed by atoms with Gasteiger partial charge in [0.1, 0.15) is 0 Å². The van der Waals surface area contributed by atoms with Crippen molar-refractivity contribution >= 4 is 29.9 Å². The topological polar surface area (TPSA) is 79.5 Å². The molecule has 6 nitrogen and oxygen atoms in total. The summed E-state index contributed by atoms with van der Waals surface area (Å²) in [4.78, 5) is 24.0. The van der Waals surface area contributed by atoms with Gasteiger partial charge in [0, 0.05) is 31.5 Å². The van der Waals surface area contributed by atoms with Crippen LogP contribution in [-0.4, -0.2) is 38.6 Å². The normalized spacial score (nSPS) is 10.0. The van der Waals surface area contributed by atoms with Crippen LogP contribution in [-0.2, 0) is 16.1 Å². The van der Waals surface area contributed by atoms with Crippen LogP contribution in [0.3, 0.4) is 0 Å². The highest BCUT2D eigenvalue weighted by molar-refractivity contribution is 6.04. The number of ether oxygens (including phenoxy) is 1. The van der Waals surface area contributed by atoms with E-state index in [0.29, 0.717) is 30.9 Å². The molecule has 0 aliphatic carbocycles. The van der Waals surface area contributed by atoms with Crippen LogP contribution in [0.1, 0.15) is 21.5 Å². The lowest BCUT2D eigenvalue weighted by Gasteiger charge is -2.09. The minimum atomic E-state index is -0.159. The van der Waals surface area contributed by atoms with E-state index in [1.54, 1.807) is 19.2 Å². The summed E-state index contributed by atoms with van der Waals surface area (Å²) in [5.41, 5.74) is 3.32. The Labute approximate surface area is 166 Å². The third kappa shape index (κ3) is 8.21. The van der Waals surface area contributed by atoms with Crippen LogP contribution < -0.4 is 16.0 Å². The molecule has 0 aliphatic rings. The fraction of sp³-hybridized carbons (Fsp3) is 0.300. The van der Waals surface area contributed by atoms with Gasteiger partial charge in [-0.15, -0.1) is 12.4 Å². The van der Waals surface area contributed by atoms with Gasteiger partial charge >= 0.3 is 0 Å². The van der Waals surface area contributed by atoms with Gasteiger partial charge in [0.15, 0.2) is 0 Å². The molecular formula is C20H26ClN3O3. The van der Waals surface area contributed by atoms with Crippen molar-refractivity contribution in [2.24, 2.45) is 0 Å². The summed E-state index contributed by atoms with van der Waals surface area (Å²) < 4.78 is 4.91. The second kappa shape index (κ2) is 12.1. The Morgan fingerprint density at radius 2 is 1.81 bits per heavy atom. The molecule has 0 aliphatic heterocycles. The van der Waals surface area contributed by atoms with Gasteiger partial charge in [0.25, 0.3) is 5.91 Å². The molecule has 2 rings (SSSR count). The Balaban J connectivity index is 0.00000364. The summed E-state index contributed by atoms with van der Waals surface area (Å²) in [7, 11) is 1.62. The Morgan fingerprint density at radius 1 is 1.07 bits per heavy atom. The highest BCUT2D eigenvalue weighted by Gasteiger charge is 2.06. The monoisotopic (exact) mass is 391 g/mol. The molecule has 0 saturated carbocycles. The van der Waals surface area contributed by atoms with Crippen LogP contribution in [0.2, 0.25) is 0 Å². The molecule has 2 aromatic carbocycles. The van der Waals surface area contributed by atoms with Crippen molar-refractivity contribution in [2.75, 3.05) is 32.1 Å². The molecule has 0 saturated heterocycles. The van der Waals surface area contributed by atoms with Crippen molar-refractivity contribution in [1.29, 1.82) is 0 Å². The molecule has 0 atom stereocenters. The van der Waals surface area contributed by atoms with Crippen molar-refractivity contribution in [3.8, 4) is 0 Å². The molecular weight excluding hydrogens is 366 g/mol. The number of benzene rings is 2. The second-order valence-corrected chi connectivity index (χ2v) is 5.97. The maximum absolute atomic E-state index is 12.3. The van der Waals surface area contributed by atoms with Crippen LogP contribution in [0.25, 0.3) is 0 Å². The highest BCUT2D eigenvalue weighted by atomic mass is 35.5. The number of hydrogen-bond acceptors (Lipinski definition) is 4. The lowest BCUT2D eigenvalue weighted by Crippen LogP contribution is -2.34. The number of halogens is 1. The van der Waals surface area contributed by atoms with Crippen molar-refractivity contribution < 1.29 is 14.3 Å². The number of rotatable bonds is 9. The summed E-state index contributed by atoms with van der Waals surface area (Å²) in [6, 6.07) is 14.8. The van der Waals surface area contributed by atoms with E-state index in [-0.39, 0.29) is 30.8 Å². The summed E-state index contributed by atoms with van der Waals surface area (Å²) in [6.07, 6.45) is 0. The lowest BCUT2D eigenvalue weighted by molar-refractivity contribution is -0.120. The second-order valence-electron chi connectivity index (χ2n) is 5.97. The number of methoxy groups -OCH3 is 1. The molecule has 146 valence electrons. The van der Waals surface area contributed by atoms with E-state index in [1.807, 2.05) is 43.3 Å². The standard InChI is InChI=1S/C20H25N3O3.ClH/c1-15-6-8-17(9-7-15)20(25)23-18-5-3-4-16(12-18)13-22-19(24)14-21-10-11-26-2;/h3-9,12,21H,10-11,13-14H2,1-2H3,(H,22,24)(H,23,25);1H. The molecule has 0 aromatic heterocycles. The average Bonchev–Trinajstić information content (AvgIpc) is 2.64. The van der Waals surface area contributed by atoms with Gasteiger partial charge in [-0.05, 0) is 36.8 Å². The minimum Gasteiger partial charge on any atom is -0.383 e. The Kier molecular flexibility index (Phi) is 10.1. The van der Waals surface area contributed by atoms with Gasteiger partial charge in [0.2, 0.25) is 5.91 Å². The predicted molar refractivity (Wildman–Crippen MR) is 109 cm³/mol. The quantitative estimate of drug-likeness (QED) is 0.574. The molecule has 0 fully saturated rings. The van der Waals surface area contributed by atoms with Crippen molar-refractivity contribution in [3.05, 3.63) is 65.2 Å². The van der Waals surface area contributed by atoms with Crippen LogP contribution in [0, 0.1) is 6.92 Å². The molecule has 3 N–H and O–H groups in total. The van der Waals surface area contributed by atoms with Crippen molar-refractivity contribution in [2.45, 2.75) is 13.5 Å². The van der Waals surface area contributed by atoms with Gasteiger partial charge in [-0.3, -0.25) is 9.59 Å². The maximum Gasteiger partial charge on any atom is 0.255 e. The van der Waals surface area contributed by atoms with E-state index in [9.17, 15) is 9.59 Å². The largest absolute Gasteiger partial charge is 0.383 e. The van der Waals surface area contributed by atoms with E-state index in [2.05, 4.69) is 16.0 Å². The number of hydrogen-bond donors (Lipinski definition) is 3. The zero-order valence-electron chi connectivity index (χ0n) is 15.6. The maximum atomic E-state index is 12.3. The van der Waals surface area contributed by atoms with Crippen LogP contribution >= 0.6 is 12.4 Å². The van der Waals surface area contributed by atoms with Gasteiger partial charge in [-0.1, -0.05) is 29.8 Å². The van der Waals surface area contributed by atoms with Crippen LogP contribution in [0.4, 0.5) is 5.69 Å². The summed E-state index contributed by atoms with van der Waals surface area (Å²) in [5.74, 6) is -0.247. The third-order valence-electron chi connectivity index (χ3n) is 3.76. The van der Waals surface area contributed by atoms with E-state index in [1.165, 1.54) is 0 Å². The molecule has 0 bridgehead atoms. The first-order valence-electron chi connectivity index (χ1n) is 8.52. The SMILES string of the molecule is COCCNCC(=O)NCc1cccc(NC(=O)c2ccc(C)cc2)c1.Cl. The van der Waals surface area contributed by atoms with Crippen LogP contribution in [0.5, 0.6) is 0 Å². The molecule has 2 amide bonds. The Morgan fingerprint density at radius 3 is 2.52 bits per heavy atom. The number of carbonyl (C=O) groups is 2. The molecule has 0 heterocycles. The fourth-order valence-electron chi connectivity index (χ4n) is 2.31. The van der Waals surface area contributed by atoms with Gasteiger partial charge in [-0.25, -0.2) is 0 Å². The number of carbonyl (C=O) groups excluding carboxylic acids is 2. The molecule has 27 heavy (non-hydrogen) atoms. The fourth-order valence-corrected chi connectivity index (χ4v) is 2.31. The van der Waals surface area contributed by atoms with Gasteiger partial charge in [0.05, 0.1) is 13.2 Å². The van der Waals surface area contributed by atoms with Gasteiger partial charge < -0.3 is 20.7 Å². The zero-order valence-corrected chi connectivity index (χ0v) is 16.4. The Hall–Kier alpha value is -2.41. The molecule has 0 radical (unpaired) electrons. The third-order valence-corrected chi connectivity index (χ3v) is 3.76. The smallest absolute Gasteiger partial charge is 0.255 e. The minimum absolute atomic E-state index is 0. The number of amides is 2. The van der Waals surface area contributed by atoms with Crippen molar-refractivity contribution in [3.63, 3.8) is 0 Å². The molecule has 7 heteroatoms. The summed E-state index contributed by atoms with van der Waals surface area (Å²) in [5, 5.41) is 8.70. The van der Waals surface area contributed by atoms with Gasteiger partial charge in [-0.2, -0.15) is 0 Å². The first-order valence-corrected chi connectivity index (χ1v) is 8.52. The average molecular weight is 392 g/mol. The first kappa shape index (κ1) is 22.6. The van der Waals surface area contributed by atoms with E-state index in [0.717, 1.165) is 11.1 Å². The number of aryl methyl sites for hydroxylation is 1. The first-order chi connectivity index (χ1) is 12.6. The lowest BCUT2D eigenvalue weighted by atomic mass is 10.1. The number of nitrogens with one attached hydrogen (secondary N) is 3.